The highest BCUT2D eigenvalue weighted by Gasteiger charge is 2.20. The summed E-state index contributed by atoms with van der Waals surface area (Å²) in [5.74, 6) is 1.87. The first kappa shape index (κ1) is 25.9. The number of furan rings is 1. The maximum atomic E-state index is 6.50. The molecule has 2 heterocycles. The molecule has 0 atom stereocenters. The molecular weight excluding hydrogens is 574 g/mol. The molecule has 0 amide bonds. The highest BCUT2D eigenvalue weighted by molar-refractivity contribution is 6.19. The summed E-state index contributed by atoms with van der Waals surface area (Å²) in [7, 11) is 0. The zero-order chi connectivity index (χ0) is 30.9. The van der Waals surface area contributed by atoms with Gasteiger partial charge in [0.25, 0.3) is 0 Å². The number of hydrogen-bond donors (Lipinski definition) is 0. The van der Waals surface area contributed by atoms with E-state index in [-0.39, 0.29) is 0 Å². The van der Waals surface area contributed by atoms with Crippen LogP contribution in [0.25, 0.3) is 99.2 Å². The highest BCUT2D eigenvalue weighted by atomic mass is 16.3. The lowest BCUT2D eigenvalue weighted by molar-refractivity contribution is 0.669. The Morgan fingerprint density at radius 1 is 0.340 bits per heavy atom. The van der Waals surface area contributed by atoms with Gasteiger partial charge in [0, 0.05) is 27.5 Å². The van der Waals surface area contributed by atoms with E-state index in [1.807, 2.05) is 42.5 Å². The van der Waals surface area contributed by atoms with Gasteiger partial charge >= 0.3 is 0 Å². The van der Waals surface area contributed by atoms with Crippen LogP contribution < -0.4 is 0 Å². The molecule has 47 heavy (non-hydrogen) atoms. The molecule has 0 spiro atoms. The fourth-order valence-electron chi connectivity index (χ4n) is 7.08. The summed E-state index contributed by atoms with van der Waals surface area (Å²) in [6.07, 6.45) is 0. The maximum Gasteiger partial charge on any atom is 0.164 e. The molecule has 10 rings (SSSR count). The predicted octanol–water partition coefficient (Wildman–Crippen LogP) is 11.4. The quantitative estimate of drug-likeness (QED) is 0.190. The molecule has 0 aliphatic carbocycles. The fourth-order valence-corrected chi connectivity index (χ4v) is 7.08. The van der Waals surface area contributed by atoms with E-state index < -0.39 is 0 Å². The summed E-state index contributed by atoms with van der Waals surface area (Å²) in [6, 6.07) is 52.7. The van der Waals surface area contributed by atoms with Crippen molar-refractivity contribution in [2.24, 2.45) is 0 Å². The second kappa shape index (κ2) is 10.1. The van der Waals surface area contributed by atoms with Crippen LogP contribution in [0.4, 0.5) is 0 Å². The van der Waals surface area contributed by atoms with Gasteiger partial charge in [-0.1, -0.05) is 127 Å². The highest BCUT2D eigenvalue weighted by Crippen LogP contribution is 2.40. The number of aromatic nitrogens is 3. The minimum atomic E-state index is 0.609. The molecule has 0 fully saturated rings. The van der Waals surface area contributed by atoms with Gasteiger partial charge in [-0.2, -0.15) is 0 Å². The van der Waals surface area contributed by atoms with Gasteiger partial charge in [-0.15, -0.1) is 0 Å². The number of benzene rings is 8. The van der Waals surface area contributed by atoms with Gasteiger partial charge in [-0.05, 0) is 67.4 Å². The first-order chi connectivity index (χ1) is 23.3. The Labute approximate surface area is 269 Å². The summed E-state index contributed by atoms with van der Waals surface area (Å²) in [4.78, 5) is 15.5. The van der Waals surface area contributed by atoms with Crippen LogP contribution in [0.15, 0.2) is 156 Å². The van der Waals surface area contributed by atoms with E-state index in [0.29, 0.717) is 17.5 Å². The first-order valence-electron chi connectivity index (χ1n) is 15.8. The second-order valence-corrected chi connectivity index (χ2v) is 12.0. The Morgan fingerprint density at radius 2 is 0.957 bits per heavy atom. The van der Waals surface area contributed by atoms with Crippen molar-refractivity contribution in [2.45, 2.75) is 0 Å². The lowest BCUT2D eigenvalue weighted by atomic mass is 9.96. The van der Waals surface area contributed by atoms with E-state index >= 15 is 0 Å². The average molecular weight is 600 g/mol. The van der Waals surface area contributed by atoms with Crippen LogP contribution in [0.2, 0.25) is 0 Å². The minimum Gasteiger partial charge on any atom is -0.456 e. The van der Waals surface area contributed by atoms with E-state index in [1.54, 1.807) is 0 Å². The van der Waals surface area contributed by atoms with Crippen molar-refractivity contribution in [1.82, 2.24) is 15.0 Å². The summed E-state index contributed by atoms with van der Waals surface area (Å²) >= 11 is 0. The van der Waals surface area contributed by atoms with Crippen molar-refractivity contribution in [3.8, 4) is 34.2 Å². The monoisotopic (exact) mass is 599 g/mol. The molecule has 0 aliphatic heterocycles. The Kier molecular flexibility index (Phi) is 5.54. The molecule has 8 aromatic carbocycles. The van der Waals surface area contributed by atoms with E-state index in [0.717, 1.165) is 54.8 Å². The third-order valence-corrected chi connectivity index (χ3v) is 9.28. The van der Waals surface area contributed by atoms with Crippen LogP contribution in [-0.2, 0) is 0 Å². The van der Waals surface area contributed by atoms with Crippen molar-refractivity contribution in [3.05, 3.63) is 152 Å². The van der Waals surface area contributed by atoms with Crippen molar-refractivity contribution in [1.29, 1.82) is 0 Å². The van der Waals surface area contributed by atoms with Crippen molar-refractivity contribution < 1.29 is 4.42 Å². The molecule has 4 heteroatoms. The molecule has 2 aromatic heterocycles. The molecule has 0 saturated heterocycles. The van der Waals surface area contributed by atoms with Gasteiger partial charge < -0.3 is 4.42 Å². The van der Waals surface area contributed by atoms with E-state index in [9.17, 15) is 0 Å². The van der Waals surface area contributed by atoms with E-state index in [1.165, 1.54) is 26.9 Å². The summed E-state index contributed by atoms with van der Waals surface area (Å²) in [5, 5.41) is 11.4. The normalized spacial score (nSPS) is 11.8. The lowest BCUT2D eigenvalue weighted by Gasteiger charge is -2.12. The molecule has 218 valence electrons. The molecule has 0 aliphatic rings. The van der Waals surface area contributed by atoms with Crippen LogP contribution in [0.5, 0.6) is 0 Å². The number of nitrogens with zero attached hydrogens (tertiary/aromatic N) is 3. The Balaban J connectivity index is 1.29. The van der Waals surface area contributed by atoms with Gasteiger partial charge in [0.2, 0.25) is 0 Å². The molecule has 0 radical (unpaired) electrons. The molecule has 0 bridgehead atoms. The molecular formula is C43H25N3O. The Bertz CT molecular complexity index is 2850. The molecule has 10 aromatic rings. The Morgan fingerprint density at radius 3 is 1.79 bits per heavy atom. The van der Waals surface area contributed by atoms with E-state index in [4.69, 9.17) is 19.4 Å². The molecule has 4 nitrogen and oxygen atoms in total. The number of hydrogen-bond acceptors (Lipinski definition) is 4. The number of rotatable bonds is 3. The SMILES string of the molecule is c1ccc(-c2nc(-c3cc4ccccc4c4ccccc34)nc(-c3cccc4oc5cc6ccc7ccccc7c6cc5c34)n2)cc1. The Hall–Kier alpha value is -6.39. The number of fused-ring (bicyclic) bond motifs is 9. The van der Waals surface area contributed by atoms with Crippen LogP contribution in [0, 0.1) is 0 Å². The molecule has 0 N–H and O–H groups in total. The van der Waals surface area contributed by atoms with Crippen LogP contribution in [0.1, 0.15) is 0 Å². The minimum absolute atomic E-state index is 0.609. The standard InChI is InChI=1S/C43H25N3O/c1-2-12-27(13-3-1)41-44-42(46-43(45-41)36-23-28-14-5-7-16-31(28)32-17-8-9-18-33(32)36)34-19-10-20-38-40(34)37-25-35-29(24-39(37)47-38)22-21-26-11-4-6-15-30(26)35/h1-25H. The third kappa shape index (κ3) is 4.05. The largest absolute Gasteiger partial charge is 0.456 e. The van der Waals surface area contributed by atoms with Crippen molar-refractivity contribution in [3.63, 3.8) is 0 Å². The van der Waals surface area contributed by atoms with Crippen molar-refractivity contribution >= 4 is 65.0 Å². The summed E-state index contributed by atoms with van der Waals surface area (Å²) in [6.45, 7) is 0. The van der Waals surface area contributed by atoms with Crippen LogP contribution in [-0.4, -0.2) is 15.0 Å². The van der Waals surface area contributed by atoms with Gasteiger partial charge in [-0.3, -0.25) is 0 Å². The van der Waals surface area contributed by atoms with Gasteiger partial charge in [0.1, 0.15) is 11.2 Å². The lowest BCUT2D eigenvalue weighted by Crippen LogP contribution is -2.01. The van der Waals surface area contributed by atoms with Gasteiger partial charge in [-0.25, -0.2) is 15.0 Å². The smallest absolute Gasteiger partial charge is 0.164 e. The van der Waals surface area contributed by atoms with E-state index in [2.05, 4.69) is 109 Å². The van der Waals surface area contributed by atoms with Crippen molar-refractivity contribution in [2.75, 3.05) is 0 Å². The second-order valence-electron chi connectivity index (χ2n) is 12.0. The topological polar surface area (TPSA) is 51.8 Å². The van der Waals surface area contributed by atoms with Crippen LogP contribution >= 0.6 is 0 Å². The van der Waals surface area contributed by atoms with Gasteiger partial charge in [0.05, 0.1) is 0 Å². The fraction of sp³-hybridized carbons (Fsp3) is 0. The summed E-state index contributed by atoms with van der Waals surface area (Å²) in [5.41, 5.74) is 4.46. The zero-order valence-corrected chi connectivity index (χ0v) is 25.2. The summed E-state index contributed by atoms with van der Waals surface area (Å²) < 4.78 is 6.50. The molecule has 0 saturated carbocycles. The third-order valence-electron chi connectivity index (χ3n) is 9.28. The van der Waals surface area contributed by atoms with Gasteiger partial charge in [0.15, 0.2) is 17.5 Å². The first-order valence-corrected chi connectivity index (χ1v) is 15.8. The van der Waals surface area contributed by atoms with Crippen LogP contribution in [0.3, 0.4) is 0 Å². The zero-order valence-electron chi connectivity index (χ0n) is 25.2. The maximum absolute atomic E-state index is 6.50. The predicted molar refractivity (Wildman–Crippen MR) is 193 cm³/mol. The molecule has 0 unspecified atom stereocenters. The average Bonchev–Trinajstić information content (AvgIpc) is 3.51.